The number of allylic oxidation sites excluding steroid dienone is 1. The maximum atomic E-state index is 15.2. The molecule has 3 aromatic rings. The Bertz CT molecular complexity index is 1330. The van der Waals surface area contributed by atoms with Crippen LogP contribution in [0.5, 0.6) is 11.5 Å². The molecule has 1 aliphatic carbocycles. The Labute approximate surface area is 213 Å². The topological polar surface area (TPSA) is 94.6 Å². The molecule has 194 valence electrons. The summed E-state index contributed by atoms with van der Waals surface area (Å²) in [7, 11) is 2.61. The molecule has 0 amide bonds. The standard InChI is InChI=1S/C27H28F2N4O4/c1-4-17(34)7-15-12-37-13-20(15)32-23-9-18-14(11-30-23)8-19(33-27(18)31-16-5-6-16)24-25(28)21(35-2)10-22(36-3)26(24)29/h4,8-11,15-16,20H,1,5-7,12-13H2,2-3H3,(H,30,32)(H,31,33)/t15-,20+/m0/s1. The van der Waals surface area contributed by atoms with Crippen molar-refractivity contribution in [3.05, 3.63) is 48.7 Å². The second kappa shape index (κ2) is 10.3. The summed E-state index contributed by atoms with van der Waals surface area (Å²) in [5.41, 5.74) is -0.241. The van der Waals surface area contributed by atoms with Gasteiger partial charge in [-0.2, -0.15) is 0 Å². The zero-order valence-corrected chi connectivity index (χ0v) is 20.6. The quantitative estimate of drug-likeness (QED) is 0.378. The van der Waals surface area contributed by atoms with Gasteiger partial charge in [-0.3, -0.25) is 4.79 Å². The number of fused-ring (bicyclic) bond motifs is 1. The maximum absolute atomic E-state index is 15.2. The Kier molecular flexibility index (Phi) is 6.92. The number of hydrogen-bond acceptors (Lipinski definition) is 8. The number of carbonyl (C=O) groups excluding carboxylic acids is 1. The minimum absolute atomic E-state index is 0.00143. The third kappa shape index (κ3) is 5.06. The molecule has 37 heavy (non-hydrogen) atoms. The predicted octanol–water partition coefficient (Wildman–Crippen LogP) is 4.74. The number of ether oxygens (including phenoxy) is 3. The van der Waals surface area contributed by atoms with Crippen LogP contribution in [0.1, 0.15) is 19.3 Å². The van der Waals surface area contributed by atoms with E-state index in [1.807, 2.05) is 6.07 Å². The van der Waals surface area contributed by atoms with Crippen molar-refractivity contribution in [1.29, 1.82) is 0 Å². The molecule has 1 aromatic carbocycles. The molecule has 3 heterocycles. The second-order valence-electron chi connectivity index (χ2n) is 9.27. The SMILES string of the molecule is C=CC(=O)C[C@H]1COC[C@H]1Nc1cc2c(NC3CC3)nc(-c3c(F)c(OC)cc(OC)c3F)cc2cn1. The van der Waals surface area contributed by atoms with Crippen molar-refractivity contribution in [2.45, 2.75) is 31.3 Å². The number of aromatic nitrogens is 2. The van der Waals surface area contributed by atoms with E-state index in [0.717, 1.165) is 18.2 Å². The summed E-state index contributed by atoms with van der Waals surface area (Å²) in [4.78, 5) is 21.0. The van der Waals surface area contributed by atoms with E-state index < -0.39 is 11.6 Å². The number of carbonyl (C=O) groups is 1. The Morgan fingerprint density at radius 3 is 2.51 bits per heavy atom. The van der Waals surface area contributed by atoms with Gasteiger partial charge in [0.2, 0.25) is 0 Å². The molecule has 1 saturated carbocycles. The van der Waals surface area contributed by atoms with E-state index in [9.17, 15) is 4.79 Å². The molecule has 2 aliphatic rings. The van der Waals surface area contributed by atoms with E-state index in [4.69, 9.17) is 14.2 Å². The number of pyridine rings is 2. The van der Waals surface area contributed by atoms with Crippen LogP contribution in [0, 0.1) is 17.6 Å². The highest BCUT2D eigenvalue weighted by molar-refractivity contribution is 5.96. The first-order valence-corrected chi connectivity index (χ1v) is 12.1. The molecule has 2 atom stereocenters. The van der Waals surface area contributed by atoms with Gasteiger partial charge in [0.15, 0.2) is 28.9 Å². The molecule has 5 rings (SSSR count). The fourth-order valence-corrected chi connectivity index (χ4v) is 4.49. The maximum Gasteiger partial charge on any atom is 0.177 e. The molecule has 1 aliphatic heterocycles. The normalized spacial score (nSPS) is 19.0. The van der Waals surface area contributed by atoms with E-state index >= 15 is 8.78 Å². The zero-order chi connectivity index (χ0) is 26.1. The van der Waals surface area contributed by atoms with Gasteiger partial charge in [0.1, 0.15) is 11.6 Å². The lowest BCUT2D eigenvalue weighted by Gasteiger charge is -2.19. The fourth-order valence-electron chi connectivity index (χ4n) is 4.49. The first-order chi connectivity index (χ1) is 17.9. The molecular weight excluding hydrogens is 482 g/mol. The number of hydrogen-bond donors (Lipinski definition) is 2. The van der Waals surface area contributed by atoms with Crippen LogP contribution in [0.4, 0.5) is 20.4 Å². The van der Waals surface area contributed by atoms with Crippen LogP contribution < -0.4 is 20.1 Å². The fraction of sp³-hybridized carbons (Fsp3) is 0.370. The van der Waals surface area contributed by atoms with Gasteiger partial charge in [-0.1, -0.05) is 6.58 Å². The molecule has 0 unspecified atom stereocenters. The zero-order valence-electron chi connectivity index (χ0n) is 20.6. The van der Waals surface area contributed by atoms with Crippen molar-refractivity contribution in [2.75, 3.05) is 38.1 Å². The van der Waals surface area contributed by atoms with Gasteiger partial charge in [-0.15, -0.1) is 0 Å². The van der Waals surface area contributed by atoms with Crippen LogP contribution in [-0.2, 0) is 9.53 Å². The molecule has 2 fully saturated rings. The summed E-state index contributed by atoms with van der Waals surface area (Å²) in [5, 5.41) is 8.15. The van der Waals surface area contributed by atoms with Gasteiger partial charge in [0.05, 0.1) is 44.7 Å². The second-order valence-corrected chi connectivity index (χ2v) is 9.27. The van der Waals surface area contributed by atoms with Crippen LogP contribution in [0.2, 0.25) is 0 Å². The summed E-state index contributed by atoms with van der Waals surface area (Å²) >= 11 is 0. The Hall–Kier alpha value is -3.79. The van der Waals surface area contributed by atoms with Crippen molar-refractivity contribution >= 4 is 28.2 Å². The van der Waals surface area contributed by atoms with Crippen molar-refractivity contribution in [2.24, 2.45) is 5.92 Å². The van der Waals surface area contributed by atoms with Gasteiger partial charge in [0, 0.05) is 41.4 Å². The minimum Gasteiger partial charge on any atom is -0.494 e. The third-order valence-corrected chi connectivity index (χ3v) is 6.69. The monoisotopic (exact) mass is 510 g/mol. The van der Waals surface area contributed by atoms with Gasteiger partial charge in [-0.25, -0.2) is 18.7 Å². The van der Waals surface area contributed by atoms with E-state index in [1.54, 1.807) is 12.3 Å². The number of nitrogens with zero attached hydrogens (tertiary/aromatic N) is 2. The predicted molar refractivity (Wildman–Crippen MR) is 136 cm³/mol. The van der Waals surface area contributed by atoms with E-state index in [0.29, 0.717) is 36.7 Å². The first kappa shape index (κ1) is 24.9. The summed E-state index contributed by atoms with van der Waals surface area (Å²) < 4.78 is 46.3. The lowest BCUT2D eigenvalue weighted by molar-refractivity contribution is -0.115. The molecule has 0 bridgehead atoms. The molecular formula is C27H28F2N4O4. The van der Waals surface area contributed by atoms with E-state index in [-0.39, 0.29) is 46.5 Å². The molecule has 1 saturated heterocycles. The number of nitrogens with one attached hydrogen (secondary N) is 2. The van der Waals surface area contributed by atoms with Crippen LogP contribution >= 0.6 is 0 Å². The van der Waals surface area contributed by atoms with E-state index in [1.165, 1.54) is 26.4 Å². The molecule has 0 spiro atoms. The van der Waals surface area contributed by atoms with Crippen molar-refractivity contribution in [1.82, 2.24) is 9.97 Å². The molecule has 10 heteroatoms. The van der Waals surface area contributed by atoms with Gasteiger partial charge >= 0.3 is 0 Å². The lowest BCUT2D eigenvalue weighted by Crippen LogP contribution is -2.29. The van der Waals surface area contributed by atoms with Crippen LogP contribution in [0.15, 0.2) is 37.1 Å². The number of methoxy groups -OCH3 is 2. The Morgan fingerprint density at radius 1 is 1.14 bits per heavy atom. The number of ketones is 1. The van der Waals surface area contributed by atoms with Crippen molar-refractivity contribution in [3.63, 3.8) is 0 Å². The first-order valence-electron chi connectivity index (χ1n) is 12.1. The Balaban J connectivity index is 1.54. The summed E-state index contributed by atoms with van der Waals surface area (Å²) in [6.45, 7) is 4.48. The summed E-state index contributed by atoms with van der Waals surface area (Å²) in [6, 6.07) is 4.76. The third-order valence-electron chi connectivity index (χ3n) is 6.69. The Morgan fingerprint density at radius 2 is 1.86 bits per heavy atom. The molecule has 0 radical (unpaired) electrons. The summed E-state index contributed by atoms with van der Waals surface area (Å²) in [6.07, 6.45) is 5.27. The average Bonchev–Trinajstić information content (AvgIpc) is 3.62. The number of benzene rings is 1. The van der Waals surface area contributed by atoms with Crippen LogP contribution in [-0.4, -0.2) is 55.3 Å². The highest BCUT2D eigenvalue weighted by Crippen LogP contribution is 2.39. The molecule has 2 aromatic heterocycles. The van der Waals surface area contributed by atoms with E-state index in [2.05, 4.69) is 27.2 Å². The van der Waals surface area contributed by atoms with Crippen molar-refractivity contribution in [3.8, 4) is 22.8 Å². The van der Waals surface area contributed by atoms with Crippen LogP contribution in [0.3, 0.4) is 0 Å². The lowest BCUT2D eigenvalue weighted by atomic mass is 9.97. The van der Waals surface area contributed by atoms with Crippen molar-refractivity contribution < 1.29 is 27.8 Å². The van der Waals surface area contributed by atoms with Gasteiger partial charge < -0.3 is 24.8 Å². The molecule has 8 nitrogen and oxygen atoms in total. The van der Waals surface area contributed by atoms with Crippen LogP contribution in [0.25, 0.3) is 22.0 Å². The highest BCUT2D eigenvalue weighted by atomic mass is 19.1. The number of rotatable bonds is 10. The largest absolute Gasteiger partial charge is 0.494 e. The number of anilines is 2. The average molecular weight is 511 g/mol. The van der Waals surface area contributed by atoms with Gasteiger partial charge in [-0.05, 0) is 31.1 Å². The summed E-state index contributed by atoms with van der Waals surface area (Å²) in [5.74, 6) is -0.956. The minimum atomic E-state index is -0.863. The number of halogens is 2. The van der Waals surface area contributed by atoms with Gasteiger partial charge in [0.25, 0.3) is 0 Å². The smallest absolute Gasteiger partial charge is 0.177 e. The molecule has 2 N–H and O–H groups in total. The highest BCUT2D eigenvalue weighted by Gasteiger charge is 2.30.